The molecule has 0 N–H and O–H groups in total. The van der Waals surface area contributed by atoms with Crippen molar-refractivity contribution in [2.24, 2.45) is 4.40 Å². The Morgan fingerprint density at radius 3 is 3.14 bits per heavy atom. The Balaban J connectivity index is 2.57. The van der Waals surface area contributed by atoms with E-state index in [0.717, 1.165) is 0 Å². The van der Waals surface area contributed by atoms with Crippen LogP contribution in [-0.4, -0.2) is 5.71 Å². The Kier molecular flexibility index (Phi) is 1.32. The summed E-state index contributed by atoms with van der Waals surface area (Å²) in [5.41, 5.74) is 0.574. The van der Waals surface area contributed by atoms with Crippen molar-refractivity contribution in [2.45, 2.75) is 6.42 Å². The van der Waals surface area contributed by atoms with Gasteiger partial charge < -0.3 is 0 Å². The van der Waals surface area contributed by atoms with Crippen molar-refractivity contribution >= 4 is 17.7 Å². The third kappa shape index (κ3) is 0.937. The fourth-order valence-electron chi connectivity index (χ4n) is 0.280. The summed E-state index contributed by atoms with van der Waals surface area (Å²) in [6.07, 6.45) is 0.612. The summed E-state index contributed by atoms with van der Waals surface area (Å²) in [4.78, 5) is 0. The first-order valence-corrected chi connectivity index (χ1v) is 2.56. The van der Waals surface area contributed by atoms with Gasteiger partial charge in [-0.25, -0.2) is 4.40 Å². The summed E-state index contributed by atoms with van der Waals surface area (Å²) >= 11 is 1.22. The Morgan fingerprint density at radius 1 is 2.00 bits per heavy atom. The van der Waals surface area contributed by atoms with E-state index in [0.29, 0.717) is 12.1 Å². The Labute approximate surface area is 46.4 Å². The van der Waals surface area contributed by atoms with E-state index in [9.17, 15) is 0 Å². The van der Waals surface area contributed by atoms with Gasteiger partial charge in [0, 0.05) is 6.42 Å². The van der Waals surface area contributed by atoms with Gasteiger partial charge in [-0.1, -0.05) is 0 Å². The monoisotopic (exact) mass is 110 g/mol. The summed E-state index contributed by atoms with van der Waals surface area (Å²) in [5, 5.41) is 8.13. The van der Waals surface area contributed by atoms with Crippen LogP contribution in [0.1, 0.15) is 6.42 Å². The van der Waals surface area contributed by atoms with Gasteiger partial charge in [0.1, 0.15) is 11.8 Å². The van der Waals surface area contributed by atoms with Crippen molar-refractivity contribution in [3.63, 3.8) is 0 Å². The smallest absolute Gasteiger partial charge is 0.127 e. The number of nitrogens with zero attached hydrogens (tertiary/aromatic N) is 2. The Bertz CT molecular complexity index is 133. The highest BCUT2D eigenvalue weighted by molar-refractivity contribution is 8.00. The van der Waals surface area contributed by atoms with Crippen LogP contribution in [0.2, 0.25) is 0 Å². The molecule has 7 heavy (non-hydrogen) atoms. The second-order valence-electron chi connectivity index (χ2n) is 1.06. The van der Waals surface area contributed by atoms with Gasteiger partial charge in [-0.05, 0) is 11.9 Å². The fraction of sp³-hybridized carbons (Fsp3) is 0.250. The lowest BCUT2D eigenvalue weighted by atomic mass is 10.3. The number of rotatable bonds is 0. The van der Waals surface area contributed by atoms with Gasteiger partial charge >= 0.3 is 0 Å². The molecule has 1 aliphatic rings. The molecule has 0 unspecified atom stereocenters. The molecule has 0 fully saturated rings. The molecule has 0 saturated carbocycles. The lowest BCUT2D eigenvalue weighted by Crippen LogP contribution is -1.83. The lowest BCUT2D eigenvalue weighted by molar-refractivity contribution is 1.46. The molecule has 2 radical (unpaired) electrons. The molecular formula is C4H2N2S. The molecule has 0 bridgehead atoms. The average molecular weight is 110 g/mol. The maximum absolute atomic E-state index is 8.13. The van der Waals surface area contributed by atoms with Crippen LogP contribution in [0.25, 0.3) is 0 Å². The van der Waals surface area contributed by atoms with Crippen molar-refractivity contribution in [3.05, 3.63) is 5.75 Å². The van der Waals surface area contributed by atoms with Crippen molar-refractivity contribution in [3.8, 4) is 6.07 Å². The average Bonchev–Trinajstić information content (AvgIpc) is 2.14. The summed E-state index contributed by atoms with van der Waals surface area (Å²) in [6.45, 7) is 0. The first-order valence-electron chi connectivity index (χ1n) is 1.79. The summed E-state index contributed by atoms with van der Waals surface area (Å²) in [6, 6.07) is 1.93. The molecule has 0 aromatic carbocycles. The SMILES string of the molecule is N#CC1=NS[C]C1. The molecule has 0 saturated heterocycles. The first-order chi connectivity index (χ1) is 3.43. The van der Waals surface area contributed by atoms with Crippen molar-refractivity contribution < 1.29 is 0 Å². The van der Waals surface area contributed by atoms with Crippen LogP contribution in [-0.2, 0) is 0 Å². The zero-order chi connectivity index (χ0) is 5.11. The van der Waals surface area contributed by atoms with Crippen LogP contribution in [0.3, 0.4) is 0 Å². The van der Waals surface area contributed by atoms with Gasteiger partial charge in [0.25, 0.3) is 0 Å². The third-order valence-electron chi connectivity index (χ3n) is 0.589. The van der Waals surface area contributed by atoms with Gasteiger partial charge in [-0.15, -0.1) is 0 Å². The van der Waals surface area contributed by atoms with E-state index in [2.05, 4.69) is 10.2 Å². The number of hydrogen-bond acceptors (Lipinski definition) is 3. The van der Waals surface area contributed by atoms with E-state index >= 15 is 0 Å². The molecule has 0 aliphatic carbocycles. The van der Waals surface area contributed by atoms with Crippen molar-refractivity contribution in [1.82, 2.24) is 0 Å². The number of nitriles is 1. The molecule has 1 aliphatic heterocycles. The predicted molar refractivity (Wildman–Crippen MR) is 28.5 cm³/mol. The summed E-state index contributed by atoms with van der Waals surface area (Å²) < 4.78 is 3.72. The van der Waals surface area contributed by atoms with Gasteiger partial charge in [-0.3, -0.25) is 0 Å². The van der Waals surface area contributed by atoms with Gasteiger partial charge in [-0.2, -0.15) is 5.26 Å². The normalized spacial score (nSPS) is 18.4. The van der Waals surface area contributed by atoms with Gasteiger partial charge in [0.05, 0.1) is 5.75 Å². The molecule has 34 valence electrons. The maximum atomic E-state index is 8.13. The minimum Gasteiger partial charge on any atom is -0.209 e. The van der Waals surface area contributed by atoms with Crippen LogP contribution < -0.4 is 0 Å². The Hall–Kier alpha value is -0.490. The van der Waals surface area contributed by atoms with Crippen LogP contribution in [0.5, 0.6) is 0 Å². The minimum absolute atomic E-state index is 0.574. The second kappa shape index (κ2) is 1.99. The van der Waals surface area contributed by atoms with Crippen LogP contribution >= 0.6 is 11.9 Å². The lowest BCUT2D eigenvalue weighted by Gasteiger charge is -1.70. The van der Waals surface area contributed by atoms with Crippen LogP contribution in [0.4, 0.5) is 0 Å². The summed E-state index contributed by atoms with van der Waals surface area (Å²) in [5.74, 6) is 2.81. The molecule has 0 aromatic rings. The van der Waals surface area contributed by atoms with Crippen molar-refractivity contribution in [2.75, 3.05) is 0 Å². The Morgan fingerprint density at radius 2 is 2.86 bits per heavy atom. The molecule has 2 nitrogen and oxygen atoms in total. The van der Waals surface area contributed by atoms with Gasteiger partial charge in [0.15, 0.2) is 0 Å². The molecular weight excluding hydrogens is 108 g/mol. The molecule has 0 aromatic heterocycles. The molecule has 3 heteroatoms. The second-order valence-corrected chi connectivity index (χ2v) is 1.72. The maximum Gasteiger partial charge on any atom is 0.127 e. The van der Waals surface area contributed by atoms with E-state index < -0.39 is 0 Å². The molecule has 0 amide bonds. The van der Waals surface area contributed by atoms with E-state index in [1.807, 2.05) is 6.07 Å². The van der Waals surface area contributed by atoms with E-state index in [1.54, 1.807) is 0 Å². The highest BCUT2D eigenvalue weighted by Gasteiger charge is 2.04. The zero-order valence-corrected chi connectivity index (χ0v) is 4.33. The molecule has 0 atom stereocenters. The predicted octanol–water partition coefficient (Wildman–Crippen LogP) is 1.04. The van der Waals surface area contributed by atoms with E-state index in [4.69, 9.17) is 5.26 Å². The van der Waals surface area contributed by atoms with E-state index in [-0.39, 0.29) is 0 Å². The topological polar surface area (TPSA) is 36.1 Å². The fourth-order valence-corrected chi connectivity index (χ4v) is 0.762. The quantitative estimate of drug-likeness (QED) is 0.437. The van der Waals surface area contributed by atoms with Crippen molar-refractivity contribution in [1.29, 1.82) is 5.26 Å². The van der Waals surface area contributed by atoms with E-state index in [1.165, 1.54) is 11.9 Å². The third-order valence-corrected chi connectivity index (χ3v) is 1.17. The molecule has 1 rings (SSSR count). The number of hydrogen-bond donors (Lipinski definition) is 0. The van der Waals surface area contributed by atoms with Gasteiger partial charge in [0.2, 0.25) is 0 Å². The molecule has 0 spiro atoms. The highest BCUT2D eigenvalue weighted by Crippen LogP contribution is 2.18. The van der Waals surface area contributed by atoms with Crippen LogP contribution in [0.15, 0.2) is 4.40 Å². The standard InChI is InChI=1S/C4H2N2S/c5-3-4-1-2-7-6-4/h1H2. The summed E-state index contributed by atoms with van der Waals surface area (Å²) in [7, 11) is 0. The minimum atomic E-state index is 0.574. The highest BCUT2D eigenvalue weighted by atomic mass is 32.2. The molecule has 1 heterocycles. The first kappa shape index (κ1) is 4.66. The van der Waals surface area contributed by atoms with Crippen LogP contribution in [0, 0.1) is 17.1 Å². The zero-order valence-electron chi connectivity index (χ0n) is 3.51. The largest absolute Gasteiger partial charge is 0.209 e.